The Morgan fingerprint density at radius 3 is 2.65 bits per heavy atom. The van der Waals surface area contributed by atoms with Crippen LogP contribution in [0.5, 0.6) is 0 Å². The van der Waals surface area contributed by atoms with Crippen molar-refractivity contribution >= 4 is 15.9 Å². The lowest BCUT2D eigenvalue weighted by Gasteiger charge is -2.07. The Balaban J connectivity index is 2.35. The van der Waals surface area contributed by atoms with Crippen LogP contribution in [0.3, 0.4) is 0 Å². The molecule has 1 aromatic carbocycles. The number of aryl methyl sites for hydroxylation is 1. The van der Waals surface area contributed by atoms with E-state index in [4.69, 9.17) is 0 Å². The molecular weight excluding hydrogens is 280 g/mol. The van der Waals surface area contributed by atoms with Gasteiger partial charge in [0.2, 0.25) is 0 Å². The van der Waals surface area contributed by atoms with Crippen molar-refractivity contribution in [2.24, 2.45) is 0 Å². The van der Waals surface area contributed by atoms with Gasteiger partial charge < -0.3 is 0 Å². The predicted octanol–water partition coefficient (Wildman–Crippen LogP) is 2.62. The van der Waals surface area contributed by atoms with Crippen molar-refractivity contribution in [3.63, 3.8) is 0 Å². The Labute approximate surface area is 108 Å². The molecule has 0 amide bonds. The molecule has 0 saturated heterocycles. The number of hydrogen-bond acceptors (Lipinski definition) is 2. The summed E-state index contributed by atoms with van der Waals surface area (Å²) in [5.41, 5.74) is 1.87. The van der Waals surface area contributed by atoms with Crippen molar-refractivity contribution in [2.75, 3.05) is 0 Å². The smallest absolute Gasteiger partial charge is 0.268 e. The first-order valence-corrected chi connectivity index (χ1v) is 6.29. The van der Waals surface area contributed by atoms with E-state index in [-0.39, 0.29) is 5.56 Å². The summed E-state index contributed by atoms with van der Waals surface area (Å²) in [4.78, 5) is 16.3. The van der Waals surface area contributed by atoms with E-state index in [9.17, 15) is 4.79 Å². The molecule has 0 aliphatic rings. The molecule has 0 fully saturated rings. The van der Waals surface area contributed by atoms with Crippen LogP contribution in [0.25, 0.3) is 0 Å². The second-order valence-electron chi connectivity index (χ2n) is 3.78. The Morgan fingerprint density at radius 1 is 1.29 bits per heavy atom. The molecule has 0 unspecified atom stereocenters. The van der Waals surface area contributed by atoms with Gasteiger partial charge in [-0.05, 0) is 27.9 Å². The molecule has 0 saturated carbocycles. The minimum atomic E-state index is -0.0271. The average Bonchev–Trinajstić information content (AvgIpc) is 2.37. The maximum Gasteiger partial charge on any atom is 0.268 e. The highest BCUT2D eigenvalue weighted by Gasteiger charge is 2.07. The molecule has 0 bridgehead atoms. The molecule has 0 aliphatic heterocycles. The molecule has 0 atom stereocenters. The molecule has 1 heterocycles. The van der Waals surface area contributed by atoms with Gasteiger partial charge in [0.15, 0.2) is 0 Å². The lowest BCUT2D eigenvalue weighted by atomic mass is 10.2. The highest BCUT2D eigenvalue weighted by molar-refractivity contribution is 9.10. The zero-order valence-electron chi connectivity index (χ0n) is 9.56. The van der Waals surface area contributed by atoms with Crippen LogP contribution in [-0.2, 0) is 13.0 Å². The van der Waals surface area contributed by atoms with Crippen LogP contribution in [0.2, 0.25) is 0 Å². The Hall–Kier alpha value is -1.42. The van der Waals surface area contributed by atoms with E-state index in [0.717, 1.165) is 17.7 Å². The first kappa shape index (κ1) is 12.0. The van der Waals surface area contributed by atoms with Gasteiger partial charge in [0.05, 0.1) is 18.6 Å². The van der Waals surface area contributed by atoms with Crippen LogP contribution in [0, 0.1) is 0 Å². The van der Waals surface area contributed by atoms with E-state index < -0.39 is 0 Å². The molecule has 88 valence electrons. The van der Waals surface area contributed by atoms with Gasteiger partial charge in [0.1, 0.15) is 4.47 Å². The highest BCUT2D eigenvalue weighted by atomic mass is 79.9. The molecule has 0 N–H and O–H groups in total. The summed E-state index contributed by atoms with van der Waals surface area (Å²) in [6, 6.07) is 9.87. The molecule has 2 rings (SSSR count). The number of nitrogens with zero attached hydrogens (tertiary/aromatic N) is 2. The Bertz CT molecular complexity index is 563. The van der Waals surface area contributed by atoms with Crippen LogP contribution in [-0.4, -0.2) is 9.55 Å². The molecule has 4 heteroatoms. The fraction of sp³-hybridized carbons (Fsp3) is 0.231. The first-order chi connectivity index (χ1) is 8.22. The topological polar surface area (TPSA) is 34.9 Å². The fourth-order valence-electron chi connectivity index (χ4n) is 1.64. The Morgan fingerprint density at radius 2 is 2.00 bits per heavy atom. The first-order valence-electron chi connectivity index (χ1n) is 5.50. The van der Waals surface area contributed by atoms with Crippen molar-refractivity contribution < 1.29 is 0 Å². The summed E-state index contributed by atoms with van der Waals surface area (Å²) in [6.07, 6.45) is 2.36. The van der Waals surface area contributed by atoms with E-state index in [0.29, 0.717) is 11.0 Å². The summed E-state index contributed by atoms with van der Waals surface area (Å²) in [5.74, 6) is 0. The van der Waals surface area contributed by atoms with Crippen LogP contribution < -0.4 is 5.56 Å². The van der Waals surface area contributed by atoms with E-state index in [1.807, 2.05) is 37.3 Å². The standard InChI is InChI=1S/C13H13BrN2O/c1-2-11-12(14)13(17)16(9-15-11)8-10-6-4-3-5-7-10/h3-7,9H,2,8H2,1H3. The Kier molecular flexibility index (Phi) is 3.74. The zero-order chi connectivity index (χ0) is 12.3. The molecule has 0 radical (unpaired) electrons. The van der Waals surface area contributed by atoms with Gasteiger partial charge in [-0.1, -0.05) is 37.3 Å². The number of benzene rings is 1. The molecule has 0 aliphatic carbocycles. The molecule has 17 heavy (non-hydrogen) atoms. The molecule has 2 aromatic rings. The third-order valence-electron chi connectivity index (χ3n) is 2.59. The fourth-order valence-corrected chi connectivity index (χ4v) is 2.25. The maximum atomic E-state index is 12.0. The van der Waals surface area contributed by atoms with Crippen molar-refractivity contribution in [3.8, 4) is 0 Å². The van der Waals surface area contributed by atoms with Gasteiger partial charge in [-0.3, -0.25) is 9.36 Å². The normalized spacial score (nSPS) is 10.5. The van der Waals surface area contributed by atoms with Gasteiger partial charge in [-0.25, -0.2) is 4.98 Å². The van der Waals surface area contributed by atoms with Crippen molar-refractivity contribution in [1.82, 2.24) is 9.55 Å². The van der Waals surface area contributed by atoms with Gasteiger partial charge in [-0.15, -0.1) is 0 Å². The number of rotatable bonds is 3. The SMILES string of the molecule is CCc1ncn(Cc2ccccc2)c(=O)c1Br. The number of halogens is 1. The average molecular weight is 293 g/mol. The van der Waals surface area contributed by atoms with Crippen LogP contribution in [0.4, 0.5) is 0 Å². The monoisotopic (exact) mass is 292 g/mol. The van der Waals surface area contributed by atoms with E-state index in [1.54, 1.807) is 10.9 Å². The minimum Gasteiger partial charge on any atom is -0.294 e. The number of aromatic nitrogens is 2. The van der Waals surface area contributed by atoms with E-state index in [2.05, 4.69) is 20.9 Å². The van der Waals surface area contributed by atoms with Gasteiger partial charge in [0.25, 0.3) is 5.56 Å². The van der Waals surface area contributed by atoms with Crippen molar-refractivity contribution in [2.45, 2.75) is 19.9 Å². The zero-order valence-corrected chi connectivity index (χ0v) is 11.1. The third-order valence-corrected chi connectivity index (χ3v) is 3.38. The summed E-state index contributed by atoms with van der Waals surface area (Å²) in [7, 11) is 0. The summed E-state index contributed by atoms with van der Waals surface area (Å²) in [5, 5.41) is 0. The van der Waals surface area contributed by atoms with E-state index in [1.165, 1.54) is 0 Å². The highest BCUT2D eigenvalue weighted by Crippen LogP contribution is 2.09. The number of hydrogen-bond donors (Lipinski definition) is 0. The molecule has 1 aromatic heterocycles. The summed E-state index contributed by atoms with van der Waals surface area (Å²) < 4.78 is 2.18. The second-order valence-corrected chi connectivity index (χ2v) is 4.57. The second kappa shape index (κ2) is 5.27. The largest absolute Gasteiger partial charge is 0.294 e. The minimum absolute atomic E-state index is 0.0271. The van der Waals surface area contributed by atoms with Crippen LogP contribution in [0.1, 0.15) is 18.2 Å². The summed E-state index contributed by atoms with van der Waals surface area (Å²) >= 11 is 3.31. The predicted molar refractivity (Wildman–Crippen MR) is 71.1 cm³/mol. The van der Waals surface area contributed by atoms with Crippen LogP contribution >= 0.6 is 15.9 Å². The van der Waals surface area contributed by atoms with Crippen molar-refractivity contribution in [1.29, 1.82) is 0 Å². The third kappa shape index (κ3) is 2.64. The van der Waals surface area contributed by atoms with Crippen LogP contribution in [0.15, 0.2) is 45.9 Å². The van der Waals surface area contributed by atoms with Gasteiger partial charge in [-0.2, -0.15) is 0 Å². The molecule has 3 nitrogen and oxygen atoms in total. The lowest BCUT2D eigenvalue weighted by Crippen LogP contribution is -2.23. The summed E-state index contributed by atoms with van der Waals surface area (Å²) in [6.45, 7) is 2.53. The molecule has 0 spiro atoms. The quantitative estimate of drug-likeness (QED) is 0.872. The lowest BCUT2D eigenvalue weighted by molar-refractivity contribution is 0.718. The van der Waals surface area contributed by atoms with E-state index >= 15 is 0 Å². The maximum absolute atomic E-state index is 12.0. The van der Waals surface area contributed by atoms with Crippen molar-refractivity contribution in [3.05, 3.63) is 62.7 Å². The van der Waals surface area contributed by atoms with Gasteiger partial charge in [0, 0.05) is 0 Å². The molecular formula is C13H13BrN2O. The van der Waals surface area contributed by atoms with Gasteiger partial charge >= 0.3 is 0 Å².